The Kier molecular flexibility index (Phi) is 8.77. The van der Waals surface area contributed by atoms with Crippen LogP contribution >= 0.6 is 0 Å². The normalized spacial score (nSPS) is 16.1. The maximum atomic E-state index is 13.1. The van der Waals surface area contributed by atoms with E-state index in [1.807, 2.05) is 78.7 Å². The van der Waals surface area contributed by atoms with Gasteiger partial charge in [-0.1, -0.05) is 30.3 Å². The minimum atomic E-state index is 0.0838. The van der Waals surface area contributed by atoms with Crippen LogP contribution < -0.4 is 9.64 Å². The van der Waals surface area contributed by atoms with Crippen molar-refractivity contribution in [1.82, 2.24) is 20.0 Å². The zero-order chi connectivity index (χ0) is 28.7. The number of aromatic nitrogens is 2. The highest BCUT2D eigenvalue weighted by Gasteiger charge is 2.25. The number of morpholine rings is 1. The second kappa shape index (κ2) is 13.2. The molecule has 0 aliphatic carbocycles. The summed E-state index contributed by atoms with van der Waals surface area (Å²) in [5.41, 5.74) is 3.94. The van der Waals surface area contributed by atoms with E-state index >= 15 is 0 Å². The third-order valence-corrected chi connectivity index (χ3v) is 7.77. The fraction of sp³-hybridized carbons (Fsp3) is 0.364. The molecule has 0 unspecified atom stereocenters. The zero-order valence-electron chi connectivity index (χ0n) is 24.0. The van der Waals surface area contributed by atoms with Gasteiger partial charge >= 0.3 is 0 Å². The Bertz CT molecular complexity index is 1440. The Morgan fingerprint density at radius 2 is 1.67 bits per heavy atom. The van der Waals surface area contributed by atoms with E-state index in [0.717, 1.165) is 73.8 Å². The number of rotatable bonds is 9. The van der Waals surface area contributed by atoms with Crippen molar-refractivity contribution in [1.29, 1.82) is 0 Å². The molecule has 2 saturated heterocycles. The van der Waals surface area contributed by atoms with Crippen LogP contribution in [0.15, 0.2) is 83.3 Å². The number of anilines is 1. The van der Waals surface area contributed by atoms with Crippen LogP contribution in [0.5, 0.6) is 5.75 Å². The number of piperidine rings is 1. The lowest BCUT2D eigenvalue weighted by molar-refractivity contribution is 0.0595. The third-order valence-electron chi connectivity index (χ3n) is 7.77. The number of nitrogens with zero attached hydrogens (tertiary/aromatic N) is 5. The van der Waals surface area contributed by atoms with Crippen molar-refractivity contribution in [3.63, 3.8) is 0 Å². The van der Waals surface area contributed by atoms with Crippen LogP contribution in [0.3, 0.4) is 0 Å². The number of hydrogen-bond acceptors (Lipinski definition) is 8. The minimum absolute atomic E-state index is 0.0838. The van der Waals surface area contributed by atoms with Crippen LogP contribution in [0.25, 0.3) is 11.5 Å². The average molecular weight is 568 g/mol. The predicted molar refractivity (Wildman–Crippen MR) is 160 cm³/mol. The van der Waals surface area contributed by atoms with E-state index in [4.69, 9.17) is 13.9 Å². The predicted octanol–water partition coefficient (Wildman–Crippen LogP) is 4.89. The summed E-state index contributed by atoms with van der Waals surface area (Å²) in [5.74, 6) is 2.06. The highest BCUT2D eigenvalue weighted by molar-refractivity contribution is 5.94. The van der Waals surface area contributed by atoms with Crippen molar-refractivity contribution in [2.75, 3.05) is 51.3 Å². The van der Waals surface area contributed by atoms with E-state index < -0.39 is 0 Å². The van der Waals surface area contributed by atoms with Crippen molar-refractivity contribution in [2.45, 2.75) is 32.0 Å². The molecule has 9 heteroatoms. The van der Waals surface area contributed by atoms with Crippen LogP contribution in [-0.2, 0) is 17.8 Å². The first-order valence-electron chi connectivity index (χ1n) is 14.6. The molecule has 3 aromatic carbocycles. The molecule has 0 bridgehead atoms. The van der Waals surface area contributed by atoms with E-state index in [1.54, 1.807) is 0 Å². The average Bonchev–Trinajstić information content (AvgIpc) is 3.50. The number of carbonyl (C=O) groups is 1. The molecule has 218 valence electrons. The Labute approximate surface area is 246 Å². The van der Waals surface area contributed by atoms with Gasteiger partial charge in [-0.05, 0) is 61.1 Å². The van der Waals surface area contributed by atoms with Gasteiger partial charge in [0.15, 0.2) is 0 Å². The van der Waals surface area contributed by atoms with Gasteiger partial charge in [-0.15, -0.1) is 10.2 Å². The topological polar surface area (TPSA) is 84.2 Å². The lowest BCUT2D eigenvalue weighted by Crippen LogP contribution is -2.41. The molecular formula is C33H37N5O4. The molecule has 42 heavy (non-hydrogen) atoms. The minimum Gasteiger partial charge on any atom is -0.490 e. The lowest BCUT2D eigenvalue weighted by atomic mass is 10.1. The second-order valence-corrected chi connectivity index (χ2v) is 10.9. The monoisotopic (exact) mass is 567 g/mol. The summed E-state index contributed by atoms with van der Waals surface area (Å²) in [7, 11) is 2.03. The SMILES string of the molecule is CN(Cc1cccc(OC2CCN(C(=O)c3ccc(N4CCOCC4)cc3)CC2)c1)Cc1nnc(-c2ccccc2)o1. The summed E-state index contributed by atoms with van der Waals surface area (Å²) >= 11 is 0. The van der Waals surface area contributed by atoms with E-state index in [0.29, 0.717) is 31.4 Å². The molecular weight excluding hydrogens is 530 g/mol. The van der Waals surface area contributed by atoms with Gasteiger partial charge in [0.2, 0.25) is 11.8 Å². The van der Waals surface area contributed by atoms with Crippen LogP contribution in [0.4, 0.5) is 5.69 Å². The second-order valence-electron chi connectivity index (χ2n) is 10.9. The number of benzene rings is 3. The molecule has 9 nitrogen and oxygen atoms in total. The molecule has 2 aliphatic rings. The molecule has 0 N–H and O–H groups in total. The van der Waals surface area contributed by atoms with Crippen LogP contribution in [-0.4, -0.2) is 78.4 Å². The van der Waals surface area contributed by atoms with Gasteiger partial charge in [0.1, 0.15) is 11.9 Å². The quantitative estimate of drug-likeness (QED) is 0.283. The summed E-state index contributed by atoms with van der Waals surface area (Å²) in [5, 5.41) is 8.40. The number of likely N-dealkylation sites (tertiary alicyclic amines) is 1. The highest BCUT2D eigenvalue weighted by atomic mass is 16.5. The maximum absolute atomic E-state index is 13.1. The molecule has 0 spiro atoms. The summed E-state index contributed by atoms with van der Waals surface area (Å²) in [6.45, 7) is 5.91. The standard InChI is InChI=1S/C33H37N5O4/c1-36(24-31-34-35-32(42-31)26-7-3-2-4-8-26)23-25-6-5-9-30(22-25)41-29-14-16-38(17-15-29)33(39)27-10-12-28(13-11-27)37-18-20-40-21-19-37/h2-13,22,29H,14-21,23-24H2,1H3. The first-order chi connectivity index (χ1) is 20.6. The fourth-order valence-electron chi connectivity index (χ4n) is 5.52. The molecule has 1 amide bonds. The third kappa shape index (κ3) is 6.98. The van der Waals surface area contributed by atoms with Gasteiger partial charge in [0.25, 0.3) is 5.91 Å². The molecule has 0 atom stereocenters. The molecule has 6 rings (SSSR count). The zero-order valence-corrected chi connectivity index (χ0v) is 24.0. The number of hydrogen-bond donors (Lipinski definition) is 0. The van der Waals surface area contributed by atoms with Crippen LogP contribution in [0.1, 0.15) is 34.7 Å². The summed E-state index contributed by atoms with van der Waals surface area (Å²) in [6.07, 6.45) is 1.70. The van der Waals surface area contributed by atoms with Crippen molar-refractivity contribution >= 4 is 11.6 Å². The highest BCUT2D eigenvalue weighted by Crippen LogP contribution is 2.24. The molecule has 0 radical (unpaired) electrons. The van der Waals surface area contributed by atoms with Gasteiger partial charge in [0, 0.05) is 62.4 Å². The molecule has 0 saturated carbocycles. The number of ether oxygens (including phenoxy) is 2. The lowest BCUT2D eigenvalue weighted by Gasteiger charge is -2.32. The van der Waals surface area contributed by atoms with Gasteiger partial charge in [-0.3, -0.25) is 9.69 Å². The maximum Gasteiger partial charge on any atom is 0.253 e. The Balaban J connectivity index is 0.972. The van der Waals surface area contributed by atoms with E-state index in [-0.39, 0.29) is 12.0 Å². The fourth-order valence-corrected chi connectivity index (χ4v) is 5.52. The first kappa shape index (κ1) is 27.9. The van der Waals surface area contributed by atoms with Gasteiger partial charge in [-0.25, -0.2) is 0 Å². The first-order valence-corrected chi connectivity index (χ1v) is 14.6. The summed E-state index contributed by atoms with van der Waals surface area (Å²) in [4.78, 5) is 19.5. The van der Waals surface area contributed by atoms with Crippen molar-refractivity contribution < 1.29 is 18.7 Å². The summed E-state index contributed by atoms with van der Waals surface area (Å²) in [6, 6.07) is 26.0. The van der Waals surface area contributed by atoms with E-state index in [2.05, 4.69) is 32.1 Å². The van der Waals surface area contributed by atoms with E-state index in [1.165, 1.54) is 0 Å². The van der Waals surface area contributed by atoms with Gasteiger partial charge in [-0.2, -0.15) is 0 Å². The van der Waals surface area contributed by atoms with Crippen LogP contribution in [0.2, 0.25) is 0 Å². The van der Waals surface area contributed by atoms with Crippen molar-refractivity contribution in [2.24, 2.45) is 0 Å². The van der Waals surface area contributed by atoms with Crippen LogP contribution in [0, 0.1) is 0 Å². The van der Waals surface area contributed by atoms with Gasteiger partial charge < -0.3 is 23.7 Å². The van der Waals surface area contributed by atoms with Gasteiger partial charge in [0.05, 0.1) is 19.8 Å². The Morgan fingerprint density at radius 1 is 0.905 bits per heavy atom. The number of amides is 1. The van der Waals surface area contributed by atoms with Crippen molar-refractivity contribution in [3.05, 3.63) is 95.9 Å². The largest absolute Gasteiger partial charge is 0.490 e. The Morgan fingerprint density at radius 3 is 2.43 bits per heavy atom. The smallest absolute Gasteiger partial charge is 0.253 e. The molecule has 2 fully saturated rings. The van der Waals surface area contributed by atoms with Crippen molar-refractivity contribution in [3.8, 4) is 17.2 Å². The summed E-state index contributed by atoms with van der Waals surface area (Å²) < 4.78 is 17.7. The molecule has 4 aromatic rings. The van der Waals surface area contributed by atoms with E-state index in [9.17, 15) is 4.79 Å². The number of carbonyl (C=O) groups excluding carboxylic acids is 1. The molecule has 3 heterocycles. The molecule has 1 aromatic heterocycles. The molecule has 2 aliphatic heterocycles. The Hall–Kier alpha value is -4.21.